The van der Waals surface area contributed by atoms with Gasteiger partial charge in [-0.05, 0) is 90.2 Å². The number of imide groups is 1. The summed E-state index contributed by atoms with van der Waals surface area (Å²) in [4.78, 5) is 58.2. The molecular weight excluding hydrogens is 643 g/mol. The van der Waals surface area contributed by atoms with Crippen LogP contribution in [-0.4, -0.2) is 87.5 Å². The van der Waals surface area contributed by atoms with Gasteiger partial charge in [0.15, 0.2) is 0 Å². The van der Waals surface area contributed by atoms with Crippen LogP contribution in [0.15, 0.2) is 58.8 Å². The van der Waals surface area contributed by atoms with E-state index in [0.717, 1.165) is 46.4 Å². The lowest BCUT2D eigenvalue weighted by atomic mass is 10.0. The topological polar surface area (TPSA) is 147 Å². The number of fused-ring (bicyclic) bond motifs is 1. The average Bonchev–Trinajstić information content (AvgIpc) is 3.63. The zero-order valence-corrected chi connectivity index (χ0v) is 27.1. The number of amides is 2. The predicted molar refractivity (Wildman–Crippen MR) is 179 cm³/mol. The van der Waals surface area contributed by atoms with E-state index in [9.17, 15) is 29.4 Å². The number of carbonyl (C=O) groups excluding carboxylic acids is 2. The van der Waals surface area contributed by atoms with Crippen molar-refractivity contribution in [1.82, 2.24) is 14.8 Å². The Hall–Kier alpha value is -4.56. The van der Waals surface area contributed by atoms with Gasteiger partial charge in [-0.1, -0.05) is 6.07 Å². The first-order valence-corrected chi connectivity index (χ1v) is 16.6. The van der Waals surface area contributed by atoms with Crippen molar-refractivity contribution in [1.29, 1.82) is 0 Å². The van der Waals surface area contributed by atoms with Gasteiger partial charge < -0.3 is 19.7 Å². The van der Waals surface area contributed by atoms with Crippen LogP contribution in [0.4, 0.5) is 4.79 Å². The fourth-order valence-corrected chi connectivity index (χ4v) is 7.28. The molecule has 0 aliphatic carbocycles. The number of aromatic nitrogens is 1. The maximum atomic E-state index is 13.2. The summed E-state index contributed by atoms with van der Waals surface area (Å²) in [7, 11) is 0. The van der Waals surface area contributed by atoms with E-state index in [1.54, 1.807) is 43.3 Å². The number of hydrogen-bond acceptors (Lipinski definition) is 10. The summed E-state index contributed by atoms with van der Waals surface area (Å²) in [5.41, 5.74) is 4.04. The van der Waals surface area contributed by atoms with Crippen LogP contribution in [0.3, 0.4) is 0 Å². The second kappa shape index (κ2) is 14.1. The minimum Gasteiger partial charge on any atom is -0.493 e. The molecule has 2 saturated heterocycles. The van der Waals surface area contributed by atoms with Gasteiger partial charge in [0.1, 0.15) is 5.75 Å². The van der Waals surface area contributed by atoms with E-state index in [2.05, 4.69) is 9.88 Å². The highest BCUT2D eigenvalue weighted by Crippen LogP contribution is 2.36. The molecule has 2 aliphatic heterocycles. The second-order valence-corrected chi connectivity index (χ2v) is 13.1. The van der Waals surface area contributed by atoms with Crippen molar-refractivity contribution in [2.24, 2.45) is 0 Å². The van der Waals surface area contributed by atoms with Gasteiger partial charge in [0.25, 0.3) is 11.1 Å². The molecule has 0 unspecified atom stereocenters. The van der Waals surface area contributed by atoms with Crippen LogP contribution >= 0.6 is 23.1 Å². The zero-order valence-electron chi connectivity index (χ0n) is 25.4. The molecule has 2 aromatic heterocycles. The molecule has 0 spiro atoms. The number of pyridine rings is 1. The van der Waals surface area contributed by atoms with Gasteiger partial charge >= 0.3 is 11.9 Å². The highest BCUT2D eigenvalue weighted by atomic mass is 32.2. The van der Waals surface area contributed by atoms with Crippen molar-refractivity contribution in [3.8, 4) is 16.9 Å². The Morgan fingerprint density at radius 1 is 1.02 bits per heavy atom. The summed E-state index contributed by atoms with van der Waals surface area (Å²) in [5, 5.41) is 21.3. The molecule has 11 nitrogen and oxygen atoms in total. The standard InChI is InChI=1S/C34H31N3O8S2/c1-20-13-27(33(41)42)26-16-21(3-5-28(26)35-20)24-15-25(46-19-24)17-30-31(38)37(34(43)47-30)7-2-10-45-29-6-4-22(32(39)40)14-23(29)18-36-8-11-44-12-9-36/h3-6,13-17,19H,2,7-12,18H2,1H3,(H,39,40)(H,41,42)/b30-17-. The van der Waals surface area contributed by atoms with E-state index in [1.807, 2.05) is 17.5 Å². The van der Waals surface area contributed by atoms with Gasteiger partial charge in [-0.2, -0.15) is 0 Å². The molecule has 13 heteroatoms. The molecule has 242 valence electrons. The van der Waals surface area contributed by atoms with Gasteiger partial charge in [0, 0.05) is 47.7 Å². The third-order valence-electron chi connectivity index (χ3n) is 7.86. The first-order valence-electron chi connectivity index (χ1n) is 14.9. The predicted octanol–water partition coefficient (Wildman–Crippen LogP) is 6.01. The maximum absolute atomic E-state index is 13.2. The average molecular weight is 674 g/mol. The monoisotopic (exact) mass is 673 g/mol. The lowest BCUT2D eigenvalue weighted by Gasteiger charge is -2.27. The Balaban J connectivity index is 1.09. The van der Waals surface area contributed by atoms with E-state index in [0.29, 0.717) is 53.4 Å². The number of morpholine rings is 1. The molecule has 0 atom stereocenters. The summed E-state index contributed by atoms with van der Waals surface area (Å²) >= 11 is 2.31. The third-order valence-corrected chi connectivity index (χ3v) is 9.64. The van der Waals surface area contributed by atoms with E-state index < -0.39 is 11.9 Å². The van der Waals surface area contributed by atoms with Crippen molar-refractivity contribution in [2.75, 3.05) is 39.5 Å². The van der Waals surface area contributed by atoms with E-state index in [-0.39, 0.29) is 35.4 Å². The number of benzene rings is 2. The number of hydrogen-bond donors (Lipinski definition) is 2. The molecule has 2 N–H and O–H groups in total. The van der Waals surface area contributed by atoms with Crippen LogP contribution in [0.5, 0.6) is 5.75 Å². The molecule has 2 fully saturated rings. The van der Waals surface area contributed by atoms with Crippen LogP contribution < -0.4 is 4.74 Å². The smallest absolute Gasteiger partial charge is 0.336 e. The number of carboxylic acids is 2. The van der Waals surface area contributed by atoms with Crippen LogP contribution in [0.2, 0.25) is 0 Å². The maximum Gasteiger partial charge on any atom is 0.336 e. The number of nitrogens with zero attached hydrogens (tertiary/aromatic N) is 3. The summed E-state index contributed by atoms with van der Waals surface area (Å²) in [6.45, 7) is 5.42. The van der Waals surface area contributed by atoms with Gasteiger partial charge in [-0.3, -0.25) is 24.4 Å². The number of carboxylic acid groups (broad SMARTS) is 2. The number of thiophene rings is 1. The van der Waals surface area contributed by atoms with E-state index in [1.165, 1.54) is 22.3 Å². The Bertz CT molecular complexity index is 1910. The summed E-state index contributed by atoms with van der Waals surface area (Å²) < 4.78 is 11.4. The zero-order chi connectivity index (χ0) is 33.1. The molecule has 2 aromatic carbocycles. The highest BCUT2D eigenvalue weighted by Gasteiger charge is 2.34. The Kier molecular flexibility index (Phi) is 9.68. The normalized spacial score (nSPS) is 16.4. The van der Waals surface area contributed by atoms with E-state index >= 15 is 0 Å². The number of aryl methyl sites for hydroxylation is 1. The quantitative estimate of drug-likeness (QED) is 0.143. The minimum atomic E-state index is -1.02. The SMILES string of the molecule is Cc1cc(C(=O)O)c2cc(-c3csc(/C=C4\SC(=O)N(CCCOc5ccc(C(=O)O)cc5CN5CCOCC5)C4=O)c3)ccc2n1. The minimum absolute atomic E-state index is 0.181. The second-order valence-electron chi connectivity index (χ2n) is 11.1. The van der Waals surface area contributed by atoms with Gasteiger partial charge in [0.05, 0.1) is 41.4 Å². The molecule has 4 aromatic rings. The number of rotatable bonds is 11. The Labute approximate surface area is 278 Å². The fourth-order valence-electron chi connectivity index (χ4n) is 5.50. The van der Waals surface area contributed by atoms with Crippen molar-refractivity contribution < 1.29 is 38.9 Å². The van der Waals surface area contributed by atoms with Crippen molar-refractivity contribution in [3.05, 3.63) is 86.1 Å². The molecule has 2 amide bonds. The first kappa shape index (κ1) is 32.4. The highest BCUT2D eigenvalue weighted by molar-refractivity contribution is 8.18. The number of aromatic carboxylic acids is 2. The number of thioether (sulfide) groups is 1. The summed E-state index contributed by atoms with van der Waals surface area (Å²) in [6, 6.07) is 13.7. The van der Waals surface area contributed by atoms with Gasteiger partial charge in [0.2, 0.25) is 0 Å². The van der Waals surface area contributed by atoms with Gasteiger partial charge in [-0.15, -0.1) is 11.3 Å². The molecule has 4 heterocycles. The molecule has 47 heavy (non-hydrogen) atoms. The number of carbonyl (C=O) groups is 4. The number of ether oxygens (including phenoxy) is 2. The Morgan fingerprint density at radius 3 is 2.60 bits per heavy atom. The molecule has 2 aliphatic rings. The Morgan fingerprint density at radius 2 is 1.83 bits per heavy atom. The summed E-state index contributed by atoms with van der Waals surface area (Å²) in [5.74, 6) is -1.83. The van der Waals surface area contributed by atoms with Crippen LogP contribution in [0.1, 0.15) is 43.3 Å². The fraction of sp³-hybridized carbons (Fsp3) is 0.265. The van der Waals surface area contributed by atoms with Crippen LogP contribution in [-0.2, 0) is 16.1 Å². The van der Waals surface area contributed by atoms with Crippen LogP contribution in [0, 0.1) is 6.92 Å². The molecular formula is C34H31N3O8S2. The van der Waals surface area contributed by atoms with Gasteiger partial charge in [-0.25, -0.2) is 9.59 Å². The van der Waals surface area contributed by atoms with E-state index in [4.69, 9.17) is 9.47 Å². The lowest BCUT2D eigenvalue weighted by Crippen LogP contribution is -2.35. The molecule has 0 radical (unpaired) electrons. The van der Waals surface area contributed by atoms with Crippen molar-refractivity contribution >= 4 is 63.2 Å². The third kappa shape index (κ3) is 7.38. The van der Waals surface area contributed by atoms with Crippen molar-refractivity contribution in [2.45, 2.75) is 19.9 Å². The molecule has 0 saturated carbocycles. The molecule has 6 rings (SSSR count). The lowest BCUT2D eigenvalue weighted by molar-refractivity contribution is -0.122. The van der Waals surface area contributed by atoms with Crippen molar-refractivity contribution in [3.63, 3.8) is 0 Å². The van der Waals surface area contributed by atoms with Crippen LogP contribution in [0.25, 0.3) is 28.1 Å². The summed E-state index contributed by atoms with van der Waals surface area (Å²) in [6.07, 6.45) is 2.10. The first-order chi connectivity index (χ1) is 22.7. The largest absolute Gasteiger partial charge is 0.493 e. The molecule has 0 bridgehead atoms.